The van der Waals surface area contributed by atoms with E-state index in [-0.39, 0.29) is 10.7 Å². The minimum atomic E-state index is -3.65. The van der Waals surface area contributed by atoms with E-state index in [2.05, 4.69) is 21.0 Å². The van der Waals surface area contributed by atoms with E-state index >= 15 is 0 Å². The molecule has 0 spiro atoms. The Hall–Kier alpha value is -0.900. The molecule has 2 N–H and O–H groups in total. The Labute approximate surface area is 130 Å². The summed E-state index contributed by atoms with van der Waals surface area (Å²) < 4.78 is 28.9. The van der Waals surface area contributed by atoms with E-state index in [0.29, 0.717) is 12.2 Å². The molecule has 0 unspecified atom stereocenters. The van der Waals surface area contributed by atoms with Crippen molar-refractivity contribution in [1.29, 1.82) is 0 Å². The van der Waals surface area contributed by atoms with Crippen LogP contribution in [0.3, 0.4) is 0 Å². The number of nitrogens with zero attached hydrogens (tertiary/aromatic N) is 3. The van der Waals surface area contributed by atoms with Crippen molar-refractivity contribution in [2.24, 2.45) is 7.05 Å². The van der Waals surface area contributed by atoms with Crippen LogP contribution < -0.4 is 5.73 Å². The summed E-state index contributed by atoms with van der Waals surface area (Å²) in [5.41, 5.74) is 6.25. The molecule has 2 aromatic rings. The van der Waals surface area contributed by atoms with Crippen molar-refractivity contribution in [3.05, 3.63) is 26.5 Å². The minimum absolute atomic E-state index is 0.0317. The van der Waals surface area contributed by atoms with Gasteiger partial charge in [-0.15, -0.1) is 11.3 Å². The lowest BCUT2D eigenvalue weighted by Gasteiger charge is -2.16. The summed E-state index contributed by atoms with van der Waals surface area (Å²) in [5.74, 6) is 0.0317. The zero-order valence-electron chi connectivity index (χ0n) is 11.3. The Morgan fingerprint density at radius 2 is 2.20 bits per heavy atom. The van der Waals surface area contributed by atoms with Gasteiger partial charge in [0.25, 0.3) is 0 Å². The maximum absolute atomic E-state index is 12.6. The highest BCUT2D eigenvalue weighted by molar-refractivity contribution is 9.10. The second-order valence-electron chi connectivity index (χ2n) is 4.42. The summed E-state index contributed by atoms with van der Waals surface area (Å²) in [6, 6.07) is 1.90. The van der Waals surface area contributed by atoms with Gasteiger partial charge in [0.15, 0.2) is 5.82 Å². The van der Waals surface area contributed by atoms with Gasteiger partial charge in [0, 0.05) is 35.4 Å². The molecule has 110 valence electrons. The lowest BCUT2D eigenvalue weighted by Crippen LogP contribution is -2.27. The largest absolute Gasteiger partial charge is 0.381 e. The van der Waals surface area contributed by atoms with Crippen LogP contribution in [0.15, 0.2) is 20.8 Å². The zero-order valence-corrected chi connectivity index (χ0v) is 14.5. The third-order valence-corrected chi connectivity index (χ3v) is 6.63. The standard InChI is InChI=1S/C11H15BrN4O2S2/c1-7-10(11(13)14-16(7)3)20(17,18)15(2)5-9-4-8(12)6-19-9/h4,6H,5H2,1-3H3,(H2,13,14). The van der Waals surface area contributed by atoms with Crippen molar-refractivity contribution in [2.45, 2.75) is 18.4 Å². The molecule has 0 aliphatic heterocycles. The molecule has 0 amide bonds. The molecule has 9 heteroatoms. The number of rotatable bonds is 4. The Balaban J connectivity index is 2.34. The SMILES string of the molecule is Cc1c(S(=O)(=O)N(C)Cc2cc(Br)cs2)c(N)nn1C. The van der Waals surface area contributed by atoms with Crippen molar-refractivity contribution in [3.8, 4) is 0 Å². The van der Waals surface area contributed by atoms with Crippen LogP contribution >= 0.6 is 27.3 Å². The van der Waals surface area contributed by atoms with Gasteiger partial charge in [0.05, 0.1) is 5.69 Å². The molecule has 6 nitrogen and oxygen atoms in total. The van der Waals surface area contributed by atoms with E-state index in [1.165, 1.54) is 27.4 Å². The summed E-state index contributed by atoms with van der Waals surface area (Å²) in [6.45, 7) is 1.98. The Morgan fingerprint density at radius 3 is 2.65 bits per heavy atom. The first kappa shape index (κ1) is 15.5. The lowest BCUT2D eigenvalue weighted by molar-refractivity contribution is 0.469. The van der Waals surface area contributed by atoms with Gasteiger partial charge in [-0.05, 0) is 28.9 Å². The number of aromatic nitrogens is 2. The predicted molar refractivity (Wildman–Crippen MR) is 83.0 cm³/mol. The number of hydrogen-bond acceptors (Lipinski definition) is 5. The zero-order chi connectivity index (χ0) is 15.1. The molecular formula is C11H15BrN4O2S2. The average molecular weight is 379 g/mol. The molecule has 0 saturated heterocycles. The van der Waals surface area contributed by atoms with Gasteiger partial charge >= 0.3 is 0 Å². The summed E-state index contributed by atoms with van der Waals surface area (Å²) in [6.07, 6.45) is 0. The van der Waals surface area contributed by atoms with Crippen LogP contribution in [-0.2, 0) is 23.6 Å². The van der Waals surface area contributed by atoms with Crippen LogP contribution in [-0.4, -0.2) is 29.6 Å². The maximum atomic E-state index is 12.6. The van der Waals surface area contributed by atoms with Crippen molar-refractivity contribution >= 4 is 43.1 Å². The van der Waals surface area contributed by atoms with Gasteiger partial charge in [0.1, 0.15) is 4.90 Å². The number of aryl methyl sites for hydroxylation is 1. The fourth-order valence-corrected chi connectivity index (χ4v) is 4.85. The minimum Gasteiger partial charge on any atom is -0.381 e. The third-order valence-electron chi connectivity index (χ3n) is 2.97. The lowest BCUT2D eigenvalue weighted by atomic mass is 10.5. The molecule has 2 rings (SSSR count). The normalized spacial score (nSPS) is 12.2. The molecule has 0 aliphatic carbocycles. The predicted octanol–water partition coefficient (Wildman–Crippen LogP) is 1.96. The van der Waals surface area contributed by atoms with Crippen LogP contribution in [0.1, 0.15) is 10.6 Å². The number of nitrogen functional groups attached to an aromatic ring is 1. The molecule has 0 fully saturated rings. The summed E-state index contributed by atoms with van der Waals surface area (Å²) >= 11 is 4.85. The van der Waals surface area contributed by atoms with Crippen LogP contribution in [0.25, 0.3) is 0 Å². The van der Waals surface area contributed by atoms with Gasteiger partial charge in [-0.1, -0.05) is 0 Å². The van der Waals surface area contributed by atoms with Gasteiger partial charge in [-0.2, -0.15) is 9.40 Å². The van der Waals surface area contributed by atoms with Crippen molar-refractivity contribution in [1.82, 2.24) is 14.1 Å². The first-order chi connectivity index (χ1) is 9.23. The fraction of sp³-hybridized carbons (Fsp3) is 0.364. The molecule has 0 atom stereocenters. The summed E-state index contributed by atoms with van der Waals surface area (Å²) in [7, 11) is -0.448. The monoisotopic (exact) mass is 378 g/mol. The number of halogens is 1. The molecule has 0 aromatic carbocycles. The topological polar surface area (TPSA) is 81.2 Å². The highest BCUT2D eigenvalue weighted by Crippen LogP contribution is 2.27. The van der Waals surface area contributed by atoms with Crippen molar-refractivity contribution in [3.63, 3.8) is 0 Å². The van der Waals surface area contributed by atoms with Gasteiger partial charge in [-0.25, -0.2) is 8.42 Å². The second-order valence-corrected chi connectivity index (χ2v) is 8.31. The Morgan fingerprint density at radius 1 is 1.55 bits per heavy atom. The van der Waals surface area contributed by atoms with E-state index in [4.69, 9.17) is 5.73 Å². The van der Waals surface area contributed by atoms with Gasteiger partial charge < -0.3 is 5.73 Å². The molecule has 2 aromatic heterocycles. The van der Waals surface area contributed by atoms with Gasteiger partial charge in [0.2, 0.25) is 10.0 Å². The quantitative estimate of drug-likeness (QED) is 0.881. The highest BCUT2D eigenvalue weighted by atomic mass is 79.9. The number of anilines is 1. The van der Waals surface area contributed by atoms with E-state index < -0.39 is 10.0 Å². The molecular weight excluding hydrogens is 364 g/mol. The van der Waals surface area contributed by atoms with E-state index in [9.17, 15) is 8.42 Å². The number of sulfonamides is 1. The molecule has 0 aliphatic rings. The fourth-order valence-electron chi connectivity index (χ4n) is 1.83. The van der Waals surface area contributed by atoms with Gasteiger partial charge in [-0.3, -0.25) is 4.68 Å². The number of nitrogens with two attached hydrogens (primary N) is 1. The first-order valence-corrected chi connectivity index (χ1v) is 8.83. The van der Waals surface area contributed by atoms with Crippen LogP contribution in [0.2, 0.25) is 0 Å². The van der Waals surface area contributed by atoms with Crippen LogP contribution in [0, 0.1) is 6.92 Å². The smallest absolute Gasteiger partial charge is 0.248 e. The van der Waals surface area contributed by atoms with E-state index in [0.717, 1.165) is 9.35 Å². The first-order valence-electron chi connectivity index (χ1n) is 5.71. The summed E-state index contributed by atoms with van der Waals surface area (Å²) in [5, 5.41) is 5.87. The average Bonchev–Trinajstić information content (AvgIpc) is 2.84. The van der Waals surface area contributed by atoms with Crippen LogP contribution in [0.5, 0.6) is 0 Å². The molecule has 2 heterocycles. The third kappa shape index (κ3) is 2.76. The number of hydrogen-bond donors (Lipinski definition) is 1. The maximum Gasteiger partial charge on any atom is 0.248 e. The molecule has 20 heavy (non-hydrogen) atoms. The van der Waals surface area contributed by atoms with E-state index in [1.54, 1.807) is 14.0 Å². The summed E-state index contributed by atoms with van der Waals surface area (Å²) in [4.78, 5) is 1.03. The van der Waals surface area contributed by atoms with Crippen molar-refractivity contribution in [2.75, 3.05) is 12.8 Å². The van der Waals surface area contributed by atoms with Crippen LogP contribution in [0.4, 0.5) is 5.82 Å². The Bertz CT molecular complexity index is 736. The highest BCUT2D eigenvalue weighted by Gasteiger charge is 2.29. The molecule has 0 saturated carbocycles. The van der Waals surface area contributed by atoms with Crippen molar-refractivity contribution < 1.29 is 8.42 Å². The molecule has 0 radical (unpaired) electrons. The van der Waals surface area contributed by atoms with E-state index in [1.807, 2.05) is 11.4 Å². The second kappa shape index (κ2) is 5.47. The molecule has 0 bridgehead atoms. The number of thiophene rings is 1. The Kier molecular flexibility index (Phi) is 4.24.